The second-order valence-corrected chi connectivity index (χ2v) is 8.51. The van der Waals surface area contributed by atoms with Crippen molar-refractivity contribution >= 4 is 33.9 Å². The first-order valence-electron chi connectivity index (χ1n) is 8.72. The van der Waals surface area contributed by atoms with Gasteiger partial charge in [0.2, 0.25) is 5.13 Å². The van der Waals surface area contributed by atoms with Crippen LogP contribution in [0.3, 0.4) is 0 Å². The second-order valence-electron chi connectivity index (χ2n) is 6.18. The fraction of sp³-hybridized carbons (Fsp3) is 0.0909. The Labute approximate surface area is 167 Å². The van der Waals surface area contributed by atoms with Gasteiger partial charge in [0.1, 0.15) is 0 Å². The standard InChI is InChI=1S/C22H19N3S2/c1-16-12-14-19(15-13-16)23-21-24-25-22(27-21)26-20(17-8-4-2-5-9-17)18-10-6-3-7-11-18/h2-15,20H,1H3,(H,23,24). The summed E-state index contributed by atoms with van der Waals surface area (Å²) in [6.45, 7) is 2.08. The van der Waals surface area contributed by atoms with E-state index in [0.29, 0.717) is 0 Å². The van der Waals surface area contributed by atoms with E-state index >= 15 is 0 Å². The van der Waals surface area contributed by atoms with Crippen molar-refractivity contribution in [1.82, 2.24) is 10.2 Å². The lowest BCUT2D eigenvalue weighted by molar-refractivity contribution is 1.01. The number of anilines is 2. The van der Waals surface area contributed by atoms with Crippen molar-refractivity contribution in [3.05, 3.63) is 102 Å². The van der Waals surface area contributed by atoms with Crippen molar-refractivity contribution in [2.45, 2.75) is 16.5 Å². The van der Waals surface area contributed by atoms with Crippen LogP contribution in [0.4, 0.5) is 10.8 Å². The van der Waals surface area contributed by atoms with Gasteiger partial charge < -0.3 is 5.32 Å². The first-order chi connectivity index (χ1) is 13.3. The van der Waals surface area contributed by atoms with Gasteiger partial charge in [-0.05, 0) is 30.2 Å². The lowest BCUT2D eigenvalue weighted by Crippen LogP contribution is -1.96. The first-order valence-corrected chi connectivity index (χ1v) is 10.4. The monoisotopic (exact) mass is 389 g/mol. The Kier molecular flexibility index (Phi) is 5.51. The molecule has 5 heteroatoms. The molecule has 0 fully saturated rings. The number of benzene rings is 3. The number of hydrogen-bond acceptors (Lipinski definition) is 5. The van der Waals surface area contributed by atoms with Crippen LogP contribution >= 0.6 is 23.1 Å². The van der Waals surface area contributed by atoms with Crippen LogP contribution in [0, 0.1) is 6.92 Å². The Morgan fingerprint density at radius 2 is 1.37 bits per heavy atom. The van der Waals surface area contributed by atoms with Gasteiger partial charge in [-0.3, -0.25) is 0 Å². The number of aryl methyl sites for hydroxylation is 1. The quantitative estimate of drug-likeness (QED) is 0.383. The molecular formula is C22H19N3S2. The minimum atomic E-state index is 0.188. The number of nitrogens with one attached hydrogen (secondary N) is 1. The number of hydrogen-bond donors (Lipinski definition) is 1. The highest BCUT2D eigenvalue weighted by Crippen LogP contribution is 2.42. The number of aromatic nitrogens is 2. The maximum atomic E-state index is 4.39. The Hall–Kier alpha value is -2.63. The SMILES string of the molecule is Cc1ccc(Nc2nnc(SC(c3ccccc3)c3ccccc3)s2)cc1. The van der Waals surface area contributed by atoms with Crippen molar-refractivity contribution in [3.63, 3.8) is 0 Å². The molecule has 1 N–H and O–H groups in total. The molecule has 0 saturated heterocycles. The molecule has 0 aliphatic heterocycles. The minimum absolute atomic E-state index is 0.188. The molecule has 0 spiro atoms. The molecule has 27 heavy (non-hydrogen) atoms. The van der Waals surface area contributed by atoms with Gasteiger partial charge in [-0.15, -0.1) is 10.2 Å². The summed E-state index contributed by atoms with van der Waals surface area (Å²) in [5.74, 6) is 0. The van der Waals surface area contributed by atoms with E-state index < -0.39 is 0 Å². The van der Waals surface area contributed by atoms with Gasteiger partial charge in [-0.1, -0.05) is 101 Å². The van der Waals surface area contributed by atoms with Gasteiger partial charge in [0.05, 0.1) is 5.25 Å². The Bertz CT molecular complexity index is 944. The van der Waals surface area contributed by atoms with Crippen molar-refractivity contribution < 1.29 is 0 Å². The van der Waals surface area contributed by atoms with Crippen LogP contribution in [-0.2, 0) is 0 Å². The van der Waals surface area contributed by atoms with Gasteiger partial charge in [0, 0.05) is 5.69 Å². The van der Waals surface area contributed by atoms with Crippen molar-refractivity contribution in [3.8, 4) is 0 Å². The zero-order valence-corrected chi connectivity index (χ0v) is 16.5. The van der Waals surface area contributed by atoms with Crippen molar-refractivity contribution in [2.75, 3.05) is 5.32 Å². The first kappa shape index (κ1) is 17.8. The summed E-state index contributed by atoms with van der Waals surface area (Å²) in [5, 5.41) is 13.0. The van der Waals surface area contributed by atoms with E-state index in [2.05, 4.69) is 95.2 Å². The predicted octanol–water partition coefficient (Wildman–Crippen LogP) is 6.47. The molecule has 1 heterocycles. The third kappa shape index (κ3) is 4.56. The summed E-state index contributed by atoms with van der Waals surface area (Å²) in [6, 6.07) is 29.3. The van der Waals surface area contributed by atoms with E-state index in [4.69, 9.17) is 0 Å². The second kappa shape index (κ2) is 8.37. The van der Waals surface area contributed by atoms with E-state index in [1.54, 1.807) is 23.1 Å². The summed E-state index contributed by atoms with van der Waals surface area (Å²) in [4.78, 5) is 0. The zero-order chi connectivity index (χ0) is 18.5. The molecule has 134 valence electrons. The van der Waals surface area contributed by atoms with Gasteiger partial charge in [-0.2, -0.15) is 0 Å². The molecule has 0 unspecified atom stereocenters. The van der Waals surface area contributed by atoms with Crippen molar-refractivity contribution in [2.24, 2.45) is 0 Å². The molecule has 0 amide bonds. The molecule has 0 radical (unpaired) electrons. The zero-order valence-electron chi connectivity index (χ0n) is 14.9. The lowest BCUT2D eigenvalue weighted by Gasteiger charge is -2.15. The van der Waals surface area contributed by atoms with Crippen LogP contribution in [0.2, 0.25) is 0 Å². The molecule has 0 bridgehead atoms. The van der Waals surface area contributed by atoms with Crippen LogP contribution in [0.1, 0.15) is 21.9 Å². The van der Waals surface area contributed by atoms with Crippen molar-refractivity contribution in [1.29, 1.82) is 0 Å². The molecule has 4 aromatic rings. The highest BCUT2D eigenvalue weighted by Gasteiger charge is 2.18. The van der Waals surface area contributed by atoms with Crippen LogP contribution in [-0.4, -0.2) is 10.2 Å². The summed E-state index contributed by atoms with van der Waals surface area (Å²) < 4.78 is 0.947. The van der Waals surface area contributed by atoms with Crippen LogP contribution < -0.4 is 5.32 Å². The van der Waals surface area contributed by atoms with Crippen LogP contribution in [0.5, 0.6) is 0 Å². The normalized spacial score (nSPS) is 10.9. The number of nitrogens with zero attached hydrogens (tertiary/aromatic N) is 2. The summed E-state index contributed by atoms with van der Waals surface area (Å²) in [5.41, 5.74) is 4.78. The Balaban J connectivity index is 1.55. The predicted molar refractivity (Wildman–Crippen MR) is 115 cm³/mol. The van der Waals surface area contributed by atoms with E-state index in [1.807, 2.05) is 12.1 Å². The molecule has 0 aliphatic rings. The smallest absolute Gasteiger partial charge is 0.210 e. The molecular weight excluding hydrogens is 370 g/mol. The summed E-state index contributed by atoms with van der Waals surface area (Å²) in [7, 11) is 0. The van der Waals surface area contributed by atoms with Gasteiger partial charge in [-0.25, -0.2) is 0 Å². The fourth-order valence-corrected chi connectivity index (χ4v) is 4.84. The maximum absolute atomic E-state index is 4.39. The number of rotatable bonds is 6. The van der Waals surface area contributed by atoms with E-state index in [0.717, 1.165) is 15.2 Å². The average molecular weight is 390 g/mol. The third-order valence-electron chi connectivity index (χ3n) is 4.13. The fourth-order valence-electron chi connectivity index (χ4n) is 2.75. The molecule has 0 atom stereocenters. The Morgan fingerprint density at radius 3 is 1.96 bits per heavy atom. The van der Waals surface area contributed by atoms with Gasteiger partial charge >= 0.3 is 0 Å². The van der Waals surface area contributed by atoms with E-state index in [-0.39, 0.29) is 5.25 Å². The minimum Gasteiger partial charge on any atom is -0.330 e. The molecule has 1 aromatic heterocycles. The molecule has 4 rings (SSSR count). The number of thioether (sulfide) groups is 1. The topological polar surface area (TPSA) is 37.8 Å². The van der Waals surface area contributed by atoms with E-state index in [9.17, 15) is 0 Å². The highest BCUT2D eigenvalue weighted by molar-refractivity contribution is 8.01. The molecule has 0 aliphatic carbocycles. The summed E-state index contributed by atoms with van der Waals surface area (Å²) >= 11 is 3.31. The lowest BCUT2D eigenvalue weighted by atomic mass is 10.0. The van der Waals surface area contributed by atoms with E-state index in [1.165, 1.54) is 16.7 Å². The molecule has 3 nitrogen and oxygen atoms in total. The average Bonchev–Trinajstić information content (AvgIpc) is 3.16. The third-order valence-corrected chi connectivity index (χ3v) is 6.37. The largest absolute Gasteiger partial charge is 0.330 e. The molecule has 0 saturated carbocycles. The molecule has 3 aromatic carbocycles. The van der Waals surface area contributed by atoms with Crippen LogP contribution in [0.25, 0.3) is 0 Å². The van der Waals surface area contributed by atoms with Crippen LogP contribution in [0.15, 0.2) is 89.3 Å². The van der Waals surface area contributed by atoms with Gasteiger partial charge in [0.25, 0.3) is 0 Å². The Morgan fingerprint density at radius 1 is 0.778 bits per heavy atom. The highest BCUT2D eigenvalue weighted by atomic mass is 32.2. The summed E-state index contributed by atoms with van der Waals surface area (Å²) in [6.07, 6.45) is 0. The van der Waals surface area contributed by atoms with Gasteiger partial charge in [0.15, 0.2) is 4.34 Å². The maximum Gasteiger partial charge on any atom is 0.210 e.